The lowest BCUT2D eigenvalue weighted by Crippen LogP contribution is -2.43. The van der Waals surface area contributed by atoms with E-state index in [1.165, 1.54) is 5.56 Å². The van der Waals surface area contributed by atoms with Gasteiger partial charge in [0.1, 0.15) is 0 Å². The SMILES string of the molecule is COc1cc(CNCc2ccccc2)ccc1OCC(=O)NC(C)(C)C. The fraction of sp³-hybridized carbons (Fsp3) is 0.381. The monoisotopic (exact) mass is 356 g/mol. The van der Waals surface area contributed by atoms with Crippen LogP contribution in [0.15, 0.2) is 48.5 Å². The standard InChI is InChI=1S/C21H28N2O3/c1-21(2,3)23-20(24)15-26-18-11-10-17(12-19(18)25-4)14-22-13-16-8-6-5-7-9-16/h5-12,22H,13-15H2,1-4H3,(H,23,24). The summed E-state index contributed by atoms with van der Waals surface area (Å²) in [6.45, 7) is 7.28. The topological polar surface area (TPSA) is 59.6 Å². The summed E-state index contributed by atoms with van der Waals surface area (Å²) >= 11 is 0. The van der Waals surface area contributed by atoms with Crippen molar-refractivity contribution in [2.24, 2.45) is 0 Å². The molecule has 0 fully saturated rings. The molecule has 0 unspecified atom stereocenters. The van der Waals surface area contributed by atoms with Crippen LogP contribution in [0.3, 0.4) is 0 Å². The molecule has 26 heavy (non-hydrogen) atoms. The van der Waals surface area contributed by atoms with Crippen LogP contribution in [-0.2, 0) is 17.9 Å². The smallest absolute Gasteiger partial charge is 0.258 e. The summed E-state index contributed by atoms with van der Waals surface area (Å²) in [6, 6.07) is 16.0. The number of benzene rings is 2. The van der Waals surface area contributed by atoms with E-state index in [4.69, 9.17) is 9.47 Å². The molecule has 0 spiro atoms. The van der Waals surface area contributed by atoms with E-state index in [9.17, 15) is 4.79 Å². The molecule has 1 amide bonds. The molecule has 5 heteroatoms. The summed E-state index contributed by atoms with van der Waals surface area (Å²) in [5, 5.41) is 6.27. The first-order valence-electron chi connectivity index (χ1n) is 8.73. The van der Waals surface area contributed by atoms with Crippen LogP contribution < -0.4 is 20.1 Å². The van der Waals surface area contributed by atoms with Gasteiger partial charge in [0.15, 0.2) is 18.1 Å². The van der Waals surface area contributed by atoms with E-state index in [0.717, 1.165) is 18.7 Å². The molecule has 0 aliphatic heterocycles. The van der Waals surface area contributed by atoms with Gasteiger partial charge in [-0.25, -0.2) is 0 Å². The van der Waals surface area contributed by atoms with Gasteiger partial charge in [0.05, 0.1) is 7.11 Å². The van der Waals surface area contributed by atoms with E-state index in [1.54, 1.807) is 7.11 Å². The van der Waals surface area contributed by atoms with Crippen molar-refractivity contribution in [3.05, 3.63) is 59.7 Å². The Labute approximate surface area is 155 Å². The number of hydrogen-bond donors (Lipinski definition) is 2. The second kappa shape index (κ2) is 9.25. The summed E-state index contributed by atoms with van der Waals surface area (Å²) in [6.07, 6.45) is 0. The van der Waals surface area contributed by atoms with Gasteiger partial charge in [-0.15, -0.1) is 0 Å². The zero-order chi connectivity index (χ0) is 19.0. The Morgan fingerprint density at radius 1 is 0.962 bits per heavy atom. The second-order valence-corrected chi connectivity index (χ2v) is 7.16. The summed E-state index contributed by atoms with van der Waals surface area (Å²) in [5.41, 5.74) is 2.05. The minimum Gasteiger partial charge on any atom is -0.493 e. The average Bonchev–Trinajstić information content (AvgIpc) is 2.60. The van der Waals surface area contributed by atoms with Gasteiger partial charge < -0.3 is 20.1 Å². The van der Waals surface area contributed by atoms with Crippen LogP contribution in [0.5, 0.6) is 11.5 Å². The van der Waals surface area contributed by atoms with Crippen LogP contribution in [0.1, 0.15) is 31.9 Å². The molecule has 0 aromatic heterocycles. The number of rotatable bonds is 8. The average molecular weight is 356 g/mol. The maximum Gasteiger partial charge on any atom is 0.258 e. The van der Waals surface area contributed by atoms with Crippen molar-refractivity contribution < 1.29 is 14.3 Å². The number of carbonyl (C=O) groups excluding carboxylic acids is 1. The molecule has 0 atom stereocenters. The van der Waals surface area contributed by atoms with E-state index in [0.29, 0.717) is 11.5 Å². The van der Waals surface area contributed by atoms with Gasteiger partial charge in [-0.05, 0) is 44.0 Å². The Bertz CT molecular complexity index is 709. The van der Waals surface area contributed by atoms with Gasteiger partial charge in [-0.2, -0.15) is 0 Å². The van der Waals surface area contributed by atoms with Crippen molar-refractivity contribution in [2.75, 3.05) is 13.7 Å². The minimum atomic E-state index is -0.279. The third-order valence-electron chi connectivity index (χ3n) is 3.60. The zero-order valence-corrected chi connectivity index (χ0v) is 16.0. The highest BCUT2D eigenvalue weighted by Gasteiger charge is 2.15. The molecular weight excluding hydrogens is 328 g/mol. The molecule has 0 saturated carbocycles. The van der Waals surface area contributed by atoms with E-state index in [1.807, 2.05) is 57.2 Å². The Kier molecular flexibility index (Phi) is 7.04. The van der Waals surface area contributed by atoms with Crippen molar-refractivity contribution in [1.29, 1.82) is 0 Å². The molecule has 0 aliphatic rings. The van der Waals surface area contributed by atoms with Crippen LogP contribution in [0.2, 0.25) is 0 Å². The fourth-order valence-electron chi connectivity index (χ4n) is 2.49. The maximum atomic E-state index is 11.9. The highest BCUT2D eigenvalue weighted by Crippen LogP contribution is 2.28. The van der Waals surface area contributed by atoms with Crippen molar-refractivity contribution >= 4 is 5.91 Å². The predicted molar refractivity (Wildman–Crippen MR) is 103 cm³/mol. The Hall–Kier alpha value is -2.53. The Morgan fingerprint density at radius 2 is 1.65 bits per heavy atom. The van der Waals surface area contributed by atoms with Crippen LogP contribution >= 0.6 is 0 Å². The van der Waals surface area contributed by atoms with Crippen LogP contribution in [0.25, 0.3) is 0 Å². The molecule has 2 rings (SSSR count). The summed E-state index contributed by atoms with van der Waals surface area (Å²) in [4.78, 5) is 11.9. The number of amides is 1. The largest absolute Gasteiger partial charge is 0.493 e. The molecule has 2 aromatic carbocycles. The normalized spacial score (nSPS) is 11.1. The number of ether oxygens (including phenoxy) is 2. The molecule has 0 saturated heterocycles. The lowest BCUT2D eigenvalue weighted by Gasteiger charge is -2.20. The first-order chi connectivity index (χ1) is 12.4. The van der Waals surface area contributed by atoms with E-state index < -0.39 is 0 Å². The first kappa shape index (κ1) is 19.8. The highest BCUT2D eigenvalue weighted by atomic mass is 16.5. The number of nitrogens with one attached hydrogen (secondary N) is 2. The number of hydrogen-bond acceptors (Lipinski definition) is 4. The van der Waals surface area contributed by atoms with Crippen LogP contribution in [-0.4, -0.2) is 25.2 Å². The van der Waals surface area contributed by atoms with Gasteiger partial charge in [0.25, 0.3) is 5.91 Å². The van der Waals surface area contributed by atoms with Gasteiger partial charge in [-0.1, -0.05) is 36.4 Å². The van der Waals surface area contributed by atoms with Crippen molar-refractivity contribution in [3.63, 3.8) is 0 Å². The van der Waals surface area contributed by atoms with Gasteiger partial charge >= 0.3 is 0 Å². The predicted octanol–water partition coefficient (Wildman–Crippen LogP) is 3.28. The first-order valence-corrected chi connectivity index (χ1v) is 8.73. The Morgan fingerprint density at radius 3 is 2.31 bits per heavy atom. The van der Waals surface area contributed by atoms with Gasteiger partial charge in [-0.3, -0.25) is 4.79 Å². The zero-order valence-electron chi connectivity index (χ0n) is 16.0. The lowest BCUT2D eigenvalue weighted by molar-refractivity contribution is -0.124. The molecule has 5 nitrogen and oxygen atoms in total. The molecule has 2 N–H and O–H groups in total. The van der Waals surface area contributed by atoms with Crippen molar-refractivity contribution in [1.82, 2.24) is 10.6 Å². The van der Waals surface area contributed by atoms with E-state index in [2.05, 4.69) is 22.8 Å². The van der Waals surface area contributed by atoms with Crippen LogP contribution in [0, 0.1) is 0 Å². The Balaban J connectivity index is 1.89. The van der Waals surface area contributed by atoms with Gasteiger partial charge in [0, 0.05) is 18.6 Å². The summed E-state index contributed by atoms with van der Waals surface area (Å²) in [7, 11) is 1.60. The second-order valence-electron chi connectivity index (χ2n) is 7.16. The lowest BCUT2D eigenvalue weighted by atomic mass is 10.1. The fourth-order valence-corrected chi connectivity index (χ4v) is 2.49. The quantitative estimate of drug-likeness (QED) is 0.762. The molecule has 0 bridgehead atoms. The molecule has 2 aromatic rings. The van der Waals surface area contributed by atoms with E-state index in [-0.39, 0.29) is 18.1 Å². The summed E-state index contributed by atoms with van der Waals surface area (Å²) < 4.78 is 11.0. The highest BCUT2D eigenvalue weighted by molar-refractivity contribution is 5.78. The third kappa shape index (κ3) is 6.76. The van der Waals surface area contributed by atoms with Crippen molar-refractivity contribution in [3.8, 4) is 11.5 Å². The number of methoxy groups -OCH3 is 1. The minimum absolute atomic E-state index is 0.0424. The van der Waals surface area contributed by atoms with Crippen LogP contribution in [0.4, 0.5) is 0 Å². The van der Waals surface area contributed by atoms with E-state index >= 15 is 0 Å². The van der Waals surface area contributed by atoms with Crippen molar-refractivity contribution in [2.45, 2.75) is 39.4 Å². The molecule has 0 radical (unpaired) electrons. The molecule has 0 aliphatic carbocycles. The number of carbonyl (C=O) groups is 1. The maximum absolute atomic E-state index is 11.9. The summed E-state index contributed by atoms with van der Waals surface area (Å²) in [5.74, 6) is 1.02. The molecular formula is C21H28N2O3. The third-order valence-corrected chi connectivity index (χ3v) is 3.60. The molecule has 140 valence electrons. The van der Waals surface area contributed by atoms with Gasteiger partial charge in [0.2, 0.25) is 0 Å². The molecule has 0 heterocycles.